The minimum absolute atomic E-state index is 0. The normalized spacial score (nSPS) is 23.5. The lowest BCUT2D eigenvalue weighted by Gasteiger charge is -2.38. The van der Waals surface area contributed by atoms with Crippen LogP contribution in [0.2, 0.25) is 0 Å². The van der Waals surface area contributed by atoms with Crippen molar-refractivity contribution in [1.82, 2.24) is 10.1 Å². The second-order valence-electron chi connectivity index (χ2n) is 5.85. The van der Waals surface area contributed by atoms with E-state index in [4.69, 9.17) is 10.3 Å². The molecule has 21 heavy (non-hydrogen) atoms. The van der Waals surface area contributed by atoms with E-state index in [1.807, 2.05) is 4.90 Å². The van der Waals surface area contributed by atoms with Gasteiger partial charge in [0.2, 0.25) is 5.76 Å². The van der Waals surface area contributed by atoms with Gasteiger partial charge in [0.15, 0.2) is 0 Å². The Bertz CT molecular complexity index is 464. The molecule has 1 aromatic rings. The van der Waals surface area contributed by atoms with E-state index in [2.05, 4.69) is 25.9 Å². The molecule has 1 fully saturated rings. The standard InChI is InChI=1S/C15H25N3O2.ClH/c1-4-10(2)12-8-14(20-17-12)15(19)18-7-5-6-11(3)13(18)9-16;/h8,10-11,13H,4-7,9,16H2,1-3H3;1H. The summed E-state index contributed by atoms with van der Waals surface area (Å²) in [7, 11) is 0. The summed E-state index contributed by atoms with van der Waals surface area (Å²) in [5.41, 5.74) is 6.69. The average molecular weight is 316 g/mol. The summed E-state index contributed by atoms with van der Waals surface area (Å²) in [6.07, 6.45) is 3.13. The van der Waals surface area contributed by atoms with E-state index in [1.165, 1.54) is 0 Å². The molecule has 3 atom stereocenters. The van der Waals surface area contributed by atoms with E-state index in [-0.39, 0.29) is 24.4 Å². The third kappa shape index (κ3) is 3.77. The van der Waals surface area contributed by atoms with Crippen molar-refractivity contribution >= 4 is 18.3 Å². The summed E-state index contributed by atoms with van der Waals surface area (Å²) in [5.74, 6) is 1.02. The highest BCUT2D eigenvalue weighted by Crippen LogP contribution is 2.25. The van der Waals surface area contributed by atoms with Crippen LogP contribution in [0.1, 0.15) is 62.2 Å². The van der Waals surface area contributed by atoms with Crippen molar-refractivity contribution in [3.8, 4) is 0 Å². The Morgan fingerprint density at radius 1 is 1.62 bits per heavy atom. The van der Waals surface area contributed by atoms with E-state index >= 15 is 0 Å². The Morgan fingerprint density at radius 2 is 2.33 bits per heavy atom. The van der Waals surface area contributed by atoms with Crippen molar-refractivity contribution in [2.45, 2.75) is 52.0 Å². The molecule has 120 valence electrons. The lowest BCUT2D eigenvalue weighted by molar-refractivity contribution is 0.0492. The van der Waals surface area contributed by atoms with Crippen molar-refractivity contribution < 1.29 is 9.32 Å². The van der Waals surface area contributed by atoms with Crippen LogP contribution in [-0.2, 0) is 0 Å². The zero-order valence-corrected chi connectivity index (χ0v) is 13.9. The quantitative estimate of drug-likeness (QED) is 0.927. The smallest absolute Gasteiger partial charge is 0.292 e. The predicted octanol–water partition coefficient (Wildman–Crippen LogP) is 2.81. The second-order valence-corrected chi connectivity index (χ2v) is 5.85. The summed E-state index contributed by atoms with van der Waals surface area (Å²) in [6.45, 7) is 7.58. The summed E-state index contributed by atoms with van der Waals surface area (Å²) in [5, 5.41) is 4.02. The molecule has 3 unspecified atom stereocenters. The first-order valence-electron chi connectivity index (χ1n) is 7.56. The molecule has 0 aromatic carbocycles. The Balaban J connectivity index is 0.00000220. The van der Waals surface area contributed by atoms with Gasteiger partial charge in [-0.05, 0) is 25.2 Å². The Hall–Kier alpha value is -1.07. The zero-order chi connectivity index (χ0) is 14.7. The summed E-state index contributed by atoms with van der Waals surface area (Å²) >= 11 is 0. The fraction of sp³-hybridized carbons (Fsp3) is 0.733. The van der Waals surface area contributed by atoms with Crippen LogP contribution in [0.5, 0.6) is 0 Å². The van der Waals surface area contributed by atoms with Gasteiger partial charge >= 0.3 is 0 Å². The molecule has 1 aliphatic rings. The van der Waals surface area contributed by atoms with Crippen LogP contribution < -0.4 is 5.73 Å². The van der Waals surface area contributed by atoms with Crippen LogP contribution >= 0.6 is 12.4 Å². The molecule has 0 spiro atoms. The molecule has 1 aromatic heterocycles. The average Bonchev–Trinajstić information content (AvgIpc) is 2.95. The van der Waals surface area contributed by atoms with Crippen LogP contribution in [0.25, 0.3) is 0 Å². The van der Waals surface area contributed by atoms with Crippen molar-refractivity contribution in [1.29, 1.82) is 0 Å². The van der Waals surface area contributed by atoms with Gasteiger partial charge in [-0.2, -0.15) is 0 Å². The number of nitrogens with two attached hydrogens (primary N) is 1. The third-order valence-electron chi connectivity index (χ3n) is 4.47. The van der Waals surface area contributed by atoms with Crippen LogP contribution in [-0.4, -0.2) is 35.1 Å². The number of likely N-dealkylation sites (tertiary alicyclic amines) is 1. The topological polar surface area (TPSA) is 72.4 Å². The number of aromatic nitrogens is 1. The Morgan fingerprint density at radius 3 is 2.95 bits per heavy atom. The third-order valence-corrected chi connectivity index (χ3v) is 4.47. The first-order valence-corrected chi connectivity index (χ1v) is 7.56. The van der Waals surface area contributed by atoms with Crippen molar-refractivity contribution in [2.24, 2.45) is 11.7 Å². The number of rotatable bonds is 4. The first-order chi connectivity index (χ1) is 9.58. The van der Waals surface area contributed by atoms with E-state index in [0.717, 1.165) is 31.5 Å². The highest BCUT2D eigenvalue weighted by Gasteiger charge is 2.33. The molecule has 6 heteroatoms. The van der Waals surface area contributed by atoms with Gasteiger partial charge < -0.3 is 15.2 Å². The van der Waals surface area contributed by atoms with Crippen LogP contribution in [0, 0.1) is 5.92 Å². The molecule has 1 amide bonds. The van der Waals surface area contributed by atoms with Gasteiger partial charge in [0.1, 0.15) is 0 Å². The molecule has 0 aliphatic carbocycles. The van der Waals surface area contributed by atoms with Gasteiger partial charge in [0.05, 0.1) is 5.69 Å². The molecule has 0 bridgehead atoms. The molecule has 0 radical (unpaired) electrons. The Labute approximate surface area is 132 Å². The molecule has 5 nitrogen and oxygen atoms in total. The molecular formula is C15H26ClN3O2. The van der Waals surface area contributed by atoms with Gasteiger partial charge in [-0.25, -0.2) is 0 Å². The number of carbonyl (C=O) groups excluding carboxylic acids is 1. The van der Waals surface area contributed by atoms with Crippen LogP contribution in [0.3, 0.4) is 0 Å². The molecule has 2 N–H and O–H groups in total. The monoisotopic (exact) mass is 315 g/mol. The number of nitrogens with zero attached hydrogens (tertiary/aromatic N) is 2. The van der Waals surface area contributed by atoms with E-state index in [1.54, 1.807) is 6.07 Å². The van der Waals surface area contributed by atoms with Gasteiger partial charge in [-0.15, -0.1) is 12.4 Å². The van der Waals surface area contributed by atoms with E-state index < -0.39 is 0 Å². The Kier molecular flexibility index (Phi) is 6.68. The fourth-order valence-corrected chi connectivity index (χ4v) is 2.83. The van der Waals surface area contributed by atoms with Crippen LogP contribution in [0.15, 0.2) is 10.6 Å². The lowest BCUT2D eigenvalue weighted by atomic mass is 9.90. The number of piperidine rings is 1. The fourth-order valence-electron chi connectivity index (χ4n) is 2.83. The van der Waals surface area contributed by atoms with Crippen molar-refractivity contribution in [3.63, 3.8) is 0 Å². The van der Waals surface area contributed by atoms with Crippen molar-refractivity contribution in [2.75, 3.05) is 13.1 Å². The lowest BCUT2D eigenvalue weighted by Crippen LogP contribution is -2.51. The number of hydrogen-bond donors (Lipinski definition) is 1. The number of hydrogen-bond acceptors (Lipinski definition) is 4. The molecule has 2 rings (SSSR count). The maximum atomic E-state index is 12.6. The number of halogens is 1. The van der Waals surface area contributed by atoms with E-state index in [9.17, 15) is 4.79 Å². The van der Waals surface area contributed by atoms with Gasteiger partial charge in [-0.3, -0.25) is 4.79 Å². The van der Waals surface area contributed by atoms with Crippen LogP contribution in [0.4, 0.5) is 0 Å². The summed E-state index contributed by atoms with van der Waals surface area (Å²) in [6, 6.07) is 1.89. The summed E-state index contributed by atoms with van der Waals surface area (Å²) < 4.78 is 5.25. The van der Waals surface area contributed by atoms with E-state index in [0.29, 0.717) is 24.1 Å². The first kappa shape index (κ1) is 18.0. The molecule has 1 saturated heterocycles. The highest BCUT2D eigenvalue weighted by atomic mass is 35.5. The van der Waals surface area contributed by atoms with Crippen molar-refractivity contribution in [3.05, 3.63) is 17.5 Å². The zero-order valence-electron chi connectivity index (χ0n) is 13.0. The maximum absolute atomic E-state index is 12.6. The number of carbonyl (C=O) groups is 1. The van der Waals surface area contributed by atoms with Gasteiger partial charge in [-0.1, -0.05) is 25.9 Å². The molecule has 0 saturated carbocycles. The second kappa shape index (κ2) is 7.80. The molecule has 1 aliphatic heterocycles. The maximum Gasteiger partial charge on any atom is 0.292 e. The minimum Gasteiger partial charge on any atom is -0.351 e. The largest absolute Gasteiger partial charge is 0.351 e. The van der Waals surface area contributed by atoms with Gasteiger partial charge in [0.25, 0.3) is 5.91 Å². The van der Waals surface area contributed by atoms with Gasteiger partial charge in [0, 0.05) is 31.1 Å². The minimum atomic E-state index is -0.0750. The molecular weight excluding hydrogens is 290 g/mol. The SMILES string of the molecule is CCC(C)c1cc(C(=O)N2CCCC(C)C2CN)on1.Cl. The highest BCUT2D eigenvalue weighted by molar-refractivity contribution is 5.91. The summed E-state index contributed by atoms with van der Waals surface area (Å²) in [4.78, 5) is 14.4. The predicted molar refractivity (Wildman–Crippen MR) is 84.7 cm³/mol. The number of amides is 1. The molecule has 2 heterocycles.